The third-order valence-corrected chi connectivity index (χ3v) is 2.97. The number of anilines is 3. The summed E-state index contributed by atoms with van der Waals surface area (Å²) in [6.07, 6.45) is 1.76. The first kappa shape index (κ1) is 11.7. The van der Waals surface area contributed by atoms with Crippen LogP contribution in [0.15, 0.2) is 36.5 Å². The van der Waals surface area contributed by atoms with Crippen LogP contribution in [0.5, 0.6) is 0 Å². The molecule has 1 aromatic carbocycles. The third-order valence-electron chi connectivity index (χ3n) is 2.56. The Balaban J connectivity index is 2.28. The Morgan fingerprint density at radius 3 is 2.82 bits per heavy atom. The van der Waals surface area contributed by atoms with Gasteiger partial charge in [0.2, 0.25) is 0 Å². The Morgan fingerprint density at radius 1 is 1.24 bits per heavy atom. The summed E-state index contributed by atoms with van der Waals surface area (Å²) >= 11 is 6.07. The van der Waals surface area contributed by atoms with Crippen LogP contribution in [0, 0.1) is 6.92 Å². The molecule has 1 heterocycles. The van der Waals surface area contributed by atoms with E-state index in [0.29, 0.717) is 0 Å². The van der Waals surface area contributed by atoms with Crippen molar-refractivity contribution in [3.63, 3.8) is 0 Å². The second-order valence-electron chi connectivity index (χ2n) is 3.72. The predicted molar refractivity (Wildman–Crippen MR) is 73.3 cm³/mol. The number of halogens is 1. The van der Waals surface area contributed by atoms with Gasteiger partial charge < -0.3 is 10.6 Å². The normalized spacial score (nSPS) is 10.1. The zero-order chi connectivity index (χ0) is 12.3. The van der Waals surface area contributed by atoms with E-state index in [9.17, 15) is 0 Å². The maximum absolute atomic E-state index is 6.07. The molecule has 88 valence electrons. The van der Waals surface area contributed by atoms with Crippen molar-refractivity contribution in [3.05, 3.63) is 47.1 Å². The number of benzene rings is 1. The van der Waals surface area contributed by atoms with Gasteiger partial charge in [-0.15, -0.1) is 0 Å². The summed E-state index contributed by atoms with van der Waals surface area (Å²) in [5.74, 6) is 0.828. The minimum absolute atomic E-state index is 0.762. The molecule has 0 spiro atoms. The highest BCUT2D eigenvalue weighted by molar-refractivity contribution is 6.31. The first-order valence-corrected chi connectivity index (χ1v) is 5.74. The van der Waals surface area contributed by atoms with E-state index in [0.717, 1.165) is 27.8 Å². The molecule has 3 nitrogen and oxygen atoms in total. The van der Waals surface area contributed by atoms with Crippen LogP contribution in [0.4, 0.5) is 17.2 Å². The molecule has 0 radical (unpaired) electrons. The molecular weight excluding hydrogens is 234 g/mol. The topological polar surface area (TPSA) is 37.0 Å². The SMILES string of the molecule is CNc1cc(Nc2cccc(Cl)c2C)ccn1. The van der Waals surface area contributed by atoms with Gasteiger partial charge in [0.1, 0.15) is 5.82 Å². The van der Waals surface area contributed by atoms with Gasteiger partial charge in [-0.05, 0) is 30.7 Å². The molecule has 0 aliphatic carbocycles. The lowest BCUT2D eigenvalue weighted by Gasteiger charge is -2.11. The third kappa shape index (κ3) is 2.68. The highest BCUT2D eigenvalue weighted by atomic mass is 35.5. The molecule has 0 bridgehead atoms. The Kier molecular flexibility index (Phi) is 3.49. The van der Waals surface area contributed by atoms with Crippen LogP contribution in [0.1, 0.15) is 5.56 Å². The zero-order valence-electron chi connectivity index (χ0n) is 9.79. The Bertz CT molecular complexity index is 526. The van der Waals surface area contributed by atoms with Crippen molar-refractivity contribution in [1.82, 2.24) is 4.98 Å². The number of aromatic nitrogens is 1. The molecule has 0 aliphatic heterocycles. The van der Waals surface area contributed by atoms with E-state index in [1.165, 1.54) is 0 Å². The van der Waals surface area contributed by atoms with Crippen LogP contribution in [-0.2, 0) is 0 Å². The average Bonchev–Trinajstić information content (AvgIpc) is 2.35. The summed E-state index contributed by atoms with van der Waals surface area (Å²) in [5, 5.41) is 7.09. The number of hydrogen-bond acceptors (Lipinski definition) is 3. The number of pyridine rings is 1. The second kappa shape index (κ2) is 5.06. The Hall–Kier alpha value is -1.74. The molecule has 1 aromatic heterocycles. The van der Waals surface area contributed by atoms with Crippen molar-refractivity contribution >= 4 is 28.8 Å². The average molecular weight is 248 g/mol. The summed E-state index contributed by atoms with van der Waals surface area (Å²) in [5.41, 5.74) is 3.03. The van der Waals surface area contributed by atoms with Gasteiger partial charge in [-0.3, -0.25) is 0 Å². The molecule has 0 saturated heterocycles. The largest absolute Gasteiger partial charge is 0.373 e. The van der Waals surface area contributed by atoms with Gasteiger partial charge in [-0.2, -0.15) is 0 Å². The molecule has 2 rings (SSSR count). The van der Waals surface area contributed by atoms with Crippen LogP contribution in [0.2, 0.25) is 5.02 Å². The van der Waals surface area contributed by atoms with Gasteiger partial charge in [0.25, 0.3) is 0 Å². The smallest absolute Gasteiger partial charge is 0.127 e. The van der Waals surface area contributed by atoms with Gasteiger partial charge in [-0.25, -0.2) is 4.98 Å². The van der Waals surface area contributed by atoms with E-state index in [1.54, 1.807) is 6.20 Å². The van der Waals surface area contributed by atoms with Crippen molar-refractivity contribution in [2.45, 2.75) is 6.92 Å². The number of nitrogens with zero attached hydrogens (tertiary/aromatic N) is 1. The lowest BCUT2D eigenvalue weighted by Crippen LogP contribution is -1.96. The van der Waals surface area contributed by atoms with E-state index < -0.39 is 0 Å². The van der Waals surface area contributed by atoms with Crippen LogP contribution < -0.4 is 10.6 Å². The molecule has 0 unspecified atom stereocenters. The maximum Gasteiger partial charge on any atom is 0.127 e. The summed E-state index contributed by atoms with van der Waals surface area (Å²) in [4.78, 5) is 4.16. The van der Waals surface area contributed by atoms with Crippen molar-refractivity contribution in [1.29, 1.82) is 0 Å². The van der Waals surface area contributed by atoms with E-state index >= 15 is 0 Å². The van der Waals surface area contributed by atoms with Gasteiger partial charge in [0.05, 0.1) is 0 Å². The van der Waals surface area contributed by atoms with Crippen LogP contribution >= 0.6 is 11.6 Å². The fourth-order valence-corrected chi connectivity index (χ4v) is 1.72. The van der Waals surface area contributed by atoms with Crippen LogP contribution in [0.3, 0.4) is 0 Å². The minimum atomic E-state index is 0.762. The molecule has 2 aromatic rings. The molecule has 2 N–H and O–H groups in total. The second-order valence-corrected chi connectivity index (χ2v) is 4.12. The molecule has 0 atom stereocenters. The van der Waals surface area contributed by atoms with E-state index in [4.69, 9.17) is 11.6 Å². The minimum Gasteiger partial charge on any atom is -0.373 e. The standard InChI is InChI=1S/C13H14ClN3/c1-9-11(14)4-3-5-12(9)17-10-6-7-16-13(8-10)15-2/h3-8H,1-2H3,(H2,15,16,17). The van der Waals surface area contributed by atoms with E-state index in [1.807, 2.05) is 44.3 Å². The molecule has 0 aliphatic rings. The van der Waals surface area contributed by atoms with Gasteiger partial charge in [0.15, 0.2) is 0 Å². The highest BCUT2D eigenvalue weighted by Crippen LogP contribution is 2.26. The van der Waals surface area contributed by atoms with Crippen LogP contribution in [0.25, 0.3) is 0 Å². The summed E-state index contributed by atoms with van der Waals surface area (Å²) < 4.78 is 0. The first-order chi connectivity index (χ1) is 8.20. The molecule has 0 saturated carbocycles. The van der Waals surface area contributed by atoms with Gasteiger partial charge >= 0.3 is 0 Å². The fourth-order valence-electron chi connectivity index (χ4n) is 1.54. The number of hydrogen-bond donors (Lipinski definition) is 2. The maximum atomic E-state index is 6.07. The molecule has 0 fully saturated rings. The van der Waals surface area contributed by atoms with Gasteiger partial charge in [-0.1, -0.05) is 17.7 Å². The molecule has 17 heavy (non-hydrogen) atoms. The predicted octanol–water partition coefficient (Wildman–Crippen LogP) is 3.83. The van der Waals surface area contributed by atoms with Crippen molar-refractivity contribution in [2.75, 3.05) is 17.7 Å². The summed E-state index contributed by atoms with van der Waals surface area (Å²) in [6.45, 7) is 1.99. The van der Waals surface area contributed by atoms with E-state index in [2.05, 4.69) is 15.6 Å². The number of rotatable bonds is 3. The highest BCUT2D eigenvalue weighted by Gasteiger charge is 2.02. The number of nitrogens with one attached hydrogen (secondary N) is 2. The molecular formula is C13H14ClN3. The van der Waals surface area contributed by atoms with Crippen molar-refractivity contribution in [3.8, 4) is 0 Å². The first-order valence-electron chi connectivity index (χ1n) is 5.36. The zero-order valence-corrected chi connectivity index (χ0v) is 10.5. The molecule has 0 amide bonds. The monoisotopic (exact) mass is 247 g/mol. The van der Waals surface area contributed by atoms with Crippen molar-refractivity contribution < 1.29 is 0 Å². The van der Waals surface area contributed by atoms with Crippen LogP contribution in [-0.4, -0.2) is 12.0 Å². The Labute approximate surface area is 106 Å². The fraction of sp³-hybridized carbons (Fsp3) is 0.154. The lowest BCUT2D eigenvalue weighted by molar-refractivity contribution is 1.28. The lowest BCUT2D eigenvalue weighted by atomic mass is 10.2. The van der Waals surface area contributed by atoms with Crippen molar-refractivity contribution in [2.24, 2.45) is 0 Å². The quantitative estimate of drug-likeness (QED) is 0.866. The summed E-state index contributed by atoms with van der Waals surface area (Å²) in [7, 11) is 1.84. The summed E-state index contributed by atoms with van der Waals surface area (Å²) in [6, 6.07) is 9.67. The van der Waals surface area contributed by atoms with E-state index in [-0.39, 0.29) is 0 Å². The molecule has 4 heteroatoms. The van der Waals surface area contributed by atoms with Gasteiger partial charge in [0, 0.05) is 35.7 Å². The Morgan fingerprint density at radius 2 is 2.06 bits per heavy atom.